The Morgan fingerprint density at radius 1 is 0.931 bits per heavy atom. The van der Waals surface area contributed by atoms with Crippen LogP contribution >= 0.6 is 11.6 Å². The summed E-state index contributed by atoms with van der Waals surface area (Å²) in [5.41, 5.74) is -6.81. The van der Waals surface area contributed by atoms with E-state index in [2.05, 4.69) is 32.3 Å². The Morgan fingerprint density at radius 2 is 1.56 bits per heavy atom. The van der Waals surface area contributed by atoms with Gasteiger partial charge in [-0.05, 0) is 95.2 Å². The summed E-state index contributed by atoms with van der Waals surface area (Å²) in [5.74, 6) is -6.65. The highest BCUT2D eigenvalue weighted by atomic mass is 35.5. The SMILES string of the molecule is CC(C)(C)C(=O)OCN(c1nn(CC(F)(F)F)c2c(-c3ccc(C#CC(C)(C)S(C)(=O)=O)nc3[C@H](Cc3cc(F)cc(F)c3)NC(=O)Cn3nc(C(F)(F)F)c4c3C(F)(F)C3C[C@H]43)ccc(Cl)c12)S(C)(=O)=O. The van der Waals surface area contributed by atoms with Crippen LogP contribution in [0.25, 0.3) is 22.0 Å². The average Bonchev–Trinajstić information content (AvgIpc) is 3.73. The van der Waals surface area contributed by atoms with Crippen LogP contribution in [0.2, 0.25) is 5.02 Å². The van der Waals surface area contributed by atoms with Gasteiger partial charge in [0.25, 0.3) is 5.92 Å². The summed E-state index contributed by atoms with van der Waals surface area (Å²) in [7, 11) is -8.48. The van der Waals surface area contributed by atoms with Crippen molar-refractivity contribution in [1.29, 1.82) is 0 Å². The van der Waals surface area contributed by atoms with E-state index in [1.807, 2.05) is 0 Å². The molecule has 0 radical (unpaired) electrons. The second kappa shape index (κ2) is 18.2. The summed E-state index contributed by atoms with van der Waals surface area (Å²) < 4.78 is 203. The number of anilines is 1. The number of aromatic nitrogens is 5. The molecule has 3 heterocycles. The molecule has 2 aliphatic rings. The zero-order chi connectivity index (χ0) is 53.6. The minimum absolute atomic E-state index is 0.203. The van der Waals surface area contributed by atoms with Gasteiger partial charge in [-0.1, -0.05) is 23.6 Å². The number of hydrogen-bond acceptors (Lipinski definition) is 10. The lowest BCUT2D eigenvalue weighted by molar-refractivity contribution is -0.152. The fourth-order valence-electron chi connectivity index (χ4n) is 8.08. The van der Waals surface area contributed by atoms with Gasteiger partial charge >= 0.3 is 18.3 Å². The summed E-state index contributed by atoms with van der Waals surface area (Å²) in [4.78, 5) is 31.5. The van der Waals surface area contributed by atoms with Crippen LogP contribution in [0.15, 0.2) is 42.5 Å². The molecule has 0 aliphatic heterocycles. The van der Waals surface area contributed by atoms with E-state index in [9.17, 15) is 61.5 Å². The molecule has 1 N–H and O–H groups in total. The Morgan fingerprint density at radius 3 is 2.12 bits per heavy atom. The Bertz CT molecular complexity index is 3320. The number of halogens is 11. The summed E-state index contributed by atoms with van der Waals surface area (Å²) >= 11 is 6.66. The van der Waals surface area contributed by atoms with Crippen LogP contribution in [-0.2, 0) is 65.8 Å². The molecule has 0 bridgehead atoms. The second-order valence-electron chi connectivity index (χ2n) is 18.9. The van der Waals surface area contributed by atoms with Crippen LogP contribution in [0.4, 0.5) is 49.7 Å². The van der Waals surface area contributed by atoms with Crippen molar-refractivity contribution in [3.8, 4) is 23.0 Å². The molecule has 0 spiro atoms. The number of pyridine rings is 1. The van der Waals surface area contributed by atoms with E-state index in [1.54, 1.807) is 0 Å². The Kier molecular flexibility index (Phi) is 13.6. The standard InChI is InChI=1S/C45H42ClF10N7O7S2/c1-41(2,3)40(65)70-21-63(72(7,68)69)39-34-30(46)11-10-27(36(34)62(60-39)20-43(49,50)51)26-9-8-25(12-13-42(4,5)71(6,66)67)57-35(26)31(16-22-14-23(47)17-24(48)15-22)58-32(64)19-61-38-33(37(59-61)45(54,55)56)28-18-29(28)44(38,52)53/h8-11,14-15,17,28-29,31H,16,18-21H2,1-7H3,(H,58,64)/t28-,29?,31-/m0/s1. The first-order valence-corrected chi connectivity index (χ1v) is 25.5. The van der Waals surface area contributed by atoms with Crippen LogP contribution < -0.4 is 9.62 Å². The van der Waals surface area contributed by atoms with Crippen LogP contribution in [0.3, 0.4) is 0 Å². The van der Waals surface area contributed by atoms with Crippen molar-refractivity contribution in [2.75, 3.05) is 23.5 Å². The highest BCUT2D eigenvalue weighted by Crippen LogP contribution is 2.68. The second-order valence-corrected chi connectivity index (χ2v) is 23.8. The van der Waals surface area contributed by atoms with E-state index in [1.165, 1.54) is 46.8 Å². The van der Waals surface area contributed by atoms with Crippen molar-refractivity contribution < 1.29 is 75.1 Å². The van der Waals surface area contributed by atoms with Crippen molar-refractivity contribution in [2.24, 2.45) is 11.3 Å². The summed E-state index contributed by atoms with van der Waals surface area (Å²) in [6, 6.07) is 4.98. The number of sulfonamides is 1. The van der Waals surface area contributed by atoms with Crippen molar-refractivity contribution >= 4 is 60.1 Å². The van der Waals surface area contributed by atoms with Crippen molar-refractivity contribution in [3.05, 3.63) is 93.0 Å². The number of esters is 1. The molecule has 3 atom stereocenters. The number of hydrogen-bond donors (Lipinski definition) is 1. The third-order valence-corrected chi connectivity index (χ3v) is 15.2. The molecule has 0 saturated heterocycles. The zero-order valence-corrected chi connectivity index (χ0v) is 41.2. The Balaban J connectivity index is 1.48. The number of ether oxygens (including phenoxy) is 1. The predicted octanol–water partition coefficient (Wildman–Crippen LogP) is 8.60. The van der Waals surface area contributed by atoms with Gasteiger partial charge in [-0.2, -0.15) is 45.3 Å². The highest BCUT2D eigenvalue weighted by Gasteiger charge is 2.68. The maximum atomic E-state index is 15.6. The van der Waals surface area contributed by atoms with Gasteiger partial charge in [0.2, 0.25) is 15.9 Å². The molecule has 1 amide bonds. The van der Waals surface area contributed by atoms with E-state index in [0.29, 0.717) is 21.3 Å². The molecular weight excluding hydrogens is 1040 g/mol. The van der Waals surface area contributed by atoms with Crippen molar-refractivity contribution in [2.45, 2.75) is 95.5 Å². The maximum Gasteiger partial charge on any atom is 0.435 e. The van der Waals surface area contributed by atoms with E-state index in [-0.39, 0.29) is 33.5 Å². The normalized spacial score (nSPS) is 17.2. The van der Waals surface area contributed by atoms with Gasteiger partial charge < -0.3 is 10.1 Å². The molecular formula is C45H42ClF10N7O7S2. The van der Waals surface area contributed by atoms with Crippen LogP contribution in [0, 0.1) is 34.8 Å². The third kappa shape index (κ3) is 10.9. The summed E-state index contributed by atoms with van der Waals surface area (Å²) in [6.07, 6.45) is -9.73. The number of nitrogens with zero attached hydrogens (tertiary/aromatic N) is 6. The Hall–Kier alpha value is -5.94. The number of carbonyl (C=O) groups excluding carboxylic acids is 2. The molecule has 7 rings (SSSR count). The highest BCUT2D eigenvalue weighted by molar-refractivity contribution is 7.92. The monoisotopic (exact) mass is 1080 g/mol. The zero-order valence-electron chi connectivity index (χ0n) is 38.8. The lowest BCUT2D eigenvalue weighted by Crippen LogP contribution is -2.36. The third-order valence-electron chi connectivity index (χ3n) is 11.9. The number of amides is 1. The molecule has 388 valence electrons. The minimum Gasteiger partial charge on any atom is -0.443 e. The van der Waals surface area contributed by atoms with Crippen LogP contribution in [0.5, 0.6) is 0 Å². The molecule has 2 aliphatic carbocycles. The molecule has 5 aromatic rings. The molecule has 27 heteroatoms. The molecule has 72 heavy (non-hydrogen) atoms. The number of carbonyl (C=O) groups is 2. The lowest BCUT2D eigenvalue weighted by atomic mass is 9.93. The van der Waals surface area contributed by atoms with E-state index >= 15 is 8.78 Å². The quantitative estimate of drug-likeness (QED) is 0.0520. The number of benzene rings is 2. The maximum absolute atomic E-state index is 15.6. The number of fused-ring (bicyclic) bond motifs is 4. The summed E-state index contributed by atoms with van der Waals surface area (Å²) in [5, 5.41) is 8.97. The molecule has 14 nitrogen and oxygen atoms in total. The van der Waals surface area contributed by atoms with Gasteiger partial charge in [0.05, 0.1) is 39.3 Å². The molecule has 3 aromatic heterocycles. The van der Waals surface area contributed by atoms with Gasteiger partial charge in [-0.15, -0.1) is 0 Å². The fraction of sp³-hybridized carbons (Fsp3) is 0.444. The van der Waals surface area contributed by atoms with E-state index in [4.69, 9.17) is 16.3 Å². The number of sulfone groups is 1. The first-order valence-electron chi connectivity index (χ1n) is 21.3. The van der Waals surface area contributed by atoms with Gasteiger partial charge in [0, 0.05) is 34.9 Å². The first-order chi connectivity index (χ1) is 32.9. The van der Waals surface area contributed by atoms with Gasteiger partial charge in [0.1, 0.15) is 40.9 Å². The average molecular weight is 1080 g/mol. The van der Waals surface area contributed by atoms with Gasteiger partial charge in [-0.25, -0.2) is 34.9 Å². The molecule has 1 unspecified atom stereocenters. The summed E-state index contributed by atoms with van der Waals surface area (Å²) in [6.45, 7) is 2.51. The number of nitrogens with one attached hydrogen (secondary N) is 1. The van der Waals surface area contributed by atoms with Crippen molar-refractivity contribution in [3.63, 3.8) is 0 Å². The van der Waals surface area contributed by atoms with Crippen LogP contribution in [-0.4, -0.2) is 83.4 Å². The van der Waals surface area contributed by atoms with Gasteiger partial charge in [-0.3, -0.25) is 19.0 Å². The molecule has 1 fully saturated rings. The largest absolute Gasteiger partial charge is 0.443 e. The van der Waals surface area contributed by atoms with Crippen molar-refractivity contribution in [1.82, 2.24) is 29.9 Å². The lowest BCUT2D eigenvalue weighted by Gasteiger charge is -2.24. The van der Waals surface area contributed by atoms with Gasteiger partial charge in [0.15, 0.2) is 28.1 Å². The van der Waals surface area contributed by atoms with E-state index in [0.717, 1.165) is 30.5 Å². The smallest absolute Gasteiger partial charge is 0.435 e. The predicted molar refractivity (Wildman–Crippen MR) is 240 cm³/mol. The fourth-order valence-corrected chi connectivity index (χ4v) is 9.24. The minimum atomic E-state index is -5.22. The Labute approximate surface area is 410 Å². The molecule has 2 aromatic carbocycles. The molecule has 1 saturated carbocycles. The van der Waals surface area contributed by atoms with Crippen LogP contribution in [0.1, 0.15) is 86.9 Å². The number of rotatable bonds is 13. The van der Waals surface area contributed by atoms with E-state index < -0.39 is 160 Å². The number of alkyl halides is 8. The first kappa shape index (κ1) is 53.8. The topological polar surface area (TPSA) is 175 Å².